The van der Waals surface area contributed by atoms with Crippen molar-refractivity contribution in [2.45, 2.75) is 0 Å². The number of nitrogens with one attached hydrogen (secondary N) is 1. The molecule has 92 valence electrons. The average Bonchev–Trinajstić information content (AvgIpc) is 2.18. The highest BCUT2D eigenvalue weighted by molar-refractivity contribution is 7.92. The standard InChI is InChI=1S/C9H9NO6S/c1-17(15,16)10-6-4-5(2-3-7(6)11)8(12)9(13)14/h2-4,10-11H,1H3,(H,13,14). The third kappa shape index (κ3) is 3.45. The number of phenols is 1. The molecule has 0 spiro atoms. The highest BCUT2D eigenvalue weighted by atomic mass is 32.2. The lowest BCUT2D eigenvalue weighted by atomic mass is 10.1. The average molecular weight is 259 g/mol. The normalized spacial score (nSPS) is 10.9. The molecule has 0 aliphatic carbocycles. The molecule has 0 bridgehead atoms. The lowest BCUT2D eigenvalue weighted by molar-refractivity contribution is -0.131. The summed E-state index contributed by atoms with van der Waals surface area (Å²) in [7, 11) is -3.63. The molecular formula is C9H9NO6S. The highest BCUT2D eigenvalue weighted by Crippen LogP contribution is 2.25. The van der Waals surface area contributed by atoms with Crippen molar-refractivity contribution in [1.82, 2.24) is 0 Å². The molecule has 1 rings (SSSR count). The molecule has 0 saturated heterocycles. The molecule has 17 heavy (non-hydrogen) atoms. The molecule has 0 unspecified atom stereocenters. The topological polar surface area (TPSA) is 121 Å². The monoisotopic (exact) mass is 259 g/mol. The van der Waals surface area contributed by atoms with Gasteiger partial charge in [-0.05, 0) is 18.2 Å². The van der Waals surface area contributed by atoms with Gasteiger partial charge in [-0.15, -0.1) is 0 Å². The van der Waals surface area contributed by atoms with Crippen molar-refractivity contribution in [2.24, 2.45) is 0 Å². The predicted octanol–water partition coefficient (Wildman–Crippen LogP) is 0.0310. The van der Waals surface area contributed by atoms with Gasteiger partial charge in [-0.1, -0.05) is 0 Å². The number of sulfonamides is 1. The fourth-order valence-corrected chi connectivity index (χ4v) is 1.65. The SMILES string of the molecule is CS(=O)(=O)Nc1cc(C(=O)C(=O)O)ccc1O. The van der Waals surface area contributed by atoms with Crippen LogP contribution in [0.2, 0.25) is 0 Å². The molecule has 8 heteroatoms. The Labute approximate surface area is 96.7 Å². The van der Waals surface area contributed by atoms with E-state index in [1.165, 1.54) is 0 Å². The first-order chi connectivity index (χ1) is 7.70. The lowest BCUT2D eigenvalue weighted by Crippen LogP contribution is -2.14. The van der Waals surface area contributed by atoms with Crippen LogP contribution in [-0.4, -0.2) is 36.6 Å². The molecule has 0 heterocycles. The van der Waals surface area contributed by atoms with E-state index in [2.05, 4.69) is 0 Å². The maximum atomic E-state index is 11.1. The fraction of sp³-hybridized carbons (Fsp3) is 0.111. The van der Waals surface area contributed by atoms with Crippen LogP contribution in [0.1, 0.15) is 10.4 Å². The molecule has 0 amide bonds. The van der Waals surface area contributed by atoms with Gasteiger partial charge in [-0.3, -0.25) is 9.52 Å². The summed E-state index contributed by atoms with van der Waals surface area (Å²) >= 11 is 0. The number of ketones is 1. The van der Waals surface area contributed by atoms with Crippen LogP contribution in [0.5, 0.6) is 5.75 Å². The van der Waals surface area contributed by atoms with Crippen LogP contribution < -0.4 is 4.72 Å². The number of carboxylic acid groups (broad SMARTS) is 1. The van der Waals surface area contributed by atoms with Crippen molar-refractivity contribution >= 4 is 27.5 Å². The number of carboxylic acids is 1. The number of aromatic hydroxyl groups is 1. The van der Waals surface area contributed by atoms with Crippen molar-refractivity contribution in [3.63, 3.8) is 0 Å². The minimum absolute atomic E-state index is 0.235. The number of Topliss-reactive ketones (excluding diaryl/α,β-unsaturated/α-hetero) is 1. The zero-order valence-corrected chi connectivity index (χ0v) is 9.48. The zero-order valence-electron chi connectivity index (χ0n) is 8.67. The third-order valence-corrected chi connectivity index (χ3v) is 2.34. The molecule has 0 fully saturated rings. The summed E-state index contributed by atoms with van der Waals surface area (Å²) in [6.07, 6.45) is 0.859. The highest BCUT2D eigenvalue weighted by Gasteiger charge is 2.17. The van der Waals surface area contributed by atoms with Gasteiger partial charge in [0.2, 0.25) is 10.0 Å². The Morgan fingerprint density at radius 1 is 1.29 bits per heavy atom. The second-order valence-electron chi connectivity index (χ2n) is 3.24. The fourth-order valence-electron chi connectivity index (χ4n) is 1.08. The minimum Gasteiger partial charge on any atom is -0.506 e. The van der Waals surface area contributed by atoms with Gasteiger partial charge in [0.15, 0.2) is 0 Å². The summed E-state index contributed by atoms with van der Waals surface area (Å²) in [4.78, 5) is 21.5. The van der Waals surface area contributed by atoms with Crippen LogP contribution in [0, 0.1) is 0 Å². The maximum absolute atomic E-state index is 11.1. The van der Waals surface area contributed by atoms with E-state index in [1.807, 2.05) is 4.72 Å². The van der Waals surface area contributed by atoms with Crippen molar-refractivity contribution in [2.75, 3.05) is 11.0 Å². The van der Waals surface area contributed by atoms with Crippen molar-refractivity contribution in [3.8, 4) is 5.75 Å². The van der Waals surface area contributed by atoms with Gasteiger partial charge in [-0.25, -0.2) is 13.2 Å². The van der Waals surface area contributed by atoms with Crippen LogP contribution in [0.3, 0.4) is 0 Å². The molecule has 0 saturated carbocycles. The first-order valence-electron chi connectivity index (χ1n) is 4.29. The number of carbonyl (C=O) groups excluding carboxylic acids is 1. The van der Waals surface area contributed by atoms with Crippen molar-refractivity contribution in [3.05, 3.63) is 23.8 Å². The summed E-state index contributed by atoms with van der Waals surface area (Å²) < 4.78 is 23.8. The van der Waals surface area contributed by atoms with E-state index in [0.29, 0.717) is 0 Å². The van der Waals surface area contributed by atoms with Gasteiger partial charge in [-0.2, -0.15) is 0 Å². The van der Waals surface area contributed by atoms with Gasteiger partial charge in [0.25, 0.3) is 5.78 Å². The Morgan fingerprint density at radius 2 is 1.88 bits per heavy atom. The van der Waals surface area contributed by atoms with E-state index >= 15 is 0 Å². The smallest absolute Gasteiger partial charge is 0.377 e. The Morgan fingerprint density at radius 3 is 2.35 bits per heavy atom. The molecule has 1 aromatic rings. The van der Waals surface area contributed by atoms with Crippen LogP contribution in [0.4, 0.5) is 5.69 Å². The Hall–Kier alpha value is -2.09. The van der Waals surface area contributed by atoms with E-state index in [9.17, 15) is 23.1 Å². The van der Waals surface area contributed by atoms with Crippen LogP contribution in [0.25, 0.3) is 0 Å². The molecule has 3 N–H and O–H groups in total. The summed E-state index contributed by atoms with van der Waals surface area (Å²) in [5.74, 6) is -3.26. The number of rotatable bonds is 4. The van der Waals surface area contributed by atoms with Gasteiger partial charge in [0, 0.05) is 5.56 Å². The first-order valence-corrected chi connectivity index (χ1v) is 6.18. The number of phenolic OH excluding ortho intramolecular Hbond substituents is 1. The van der Waals surface area contributed by atoms with Gasteiger partial charge < -0.3 is 10.2 Å². The van der Waals surface area contributed by atoms with E-state index in [-0.39, 0.29) is 11.3 Å². The summed E-state index contributed by atoms with van der Waals surface area (Å²) in [5.41, 5.74) is -0.485. The summed E-state index contributed by atoms with van der Waals surface area (Å²) in [6, 6.07) is 3.07. The molecule has 1 aromatic carbocycles. The van der Waals surface area contributed by atoms with Crippen LogP contribution >= 0.6 is 0 Å². The van der Waals surface area contributed by atoms with Crippen molar-refractivity contribution in [1.29, 1.82) is 0 Å². The second-order valence-corrected chi connectivity index (χ2v) is 4.99. The molecule has 0 aliphatic heterocycles. The van der Waals surface area contributed by atoms with Crippen molar-refractivity contribution < 1.29 is 28.2 Å². The summed E-state index contributed by atoms with van der Waals surface area (Å²) in [6.45, 7) is 0. The lowest BCUT2D eigenvalue weighted by Gasteiger charge is -2.07. The van der Waals surface area contributed by atoms with E-state index in [0.717, 1.165) is 24.5 Å². The van der Waals surface area contributed by atoms with E-state index in [4.69, 9.17) is 5.11 Å². The second kappa shape index (κ2) is 4.42. The summed E-state index contributed by atoms with van der Waals surface area (Å²) in [5, 5.41) is 17.8. The predicted molar refractivity (Wildman–Crippen MR) is 58.5 cm³/mol. The number of benzene rings is 1. The number of hydrogen-bond acceptors (Lipinski definition) is 5. The molecule has 0 aromatic heterocycles. The third-order valence-electron chi connectivity index (χ3n) is 1.75. The van der Waals surface area contributed by atoms with Gasteiger partial charge in [0.05, 0.1) is 11.9 Å². The number of anilines is 1. The number of carbonyl (C=O) groups is 2. The molecule has 7 nitrogen and oxygen atoms in total. The zero-order chi connectivity index (χ0) is 13.2. The quantitative estimate of drug-likeness (QED) is 0.398. The maximum Gasteiger partial charge on any atom is 0.377 e. The Kier molecular flexibility index (Phi) is 3.37. The first kappa shape index (κ1) is 13.0. The van der Waals surface area contributed by atoms with Gasteiger partial charge >= 0.3 is 5.97 Å². The molecule has 0 aliphatic rings. The number of aliphatic carboxylic acids is 1. The Balaban J connectivity index is 3.20. The van der Waals surface area contributed by atoms with E-state index in [1.54, 1.807) is 0 Å². The van der Waals surface area contributed by atoms with Crippen LogP contribution in [-0.2, 0) is 14.8 Å². The molecular weight excluding hydrogens is 250 g/mol. The number of hydrogen-bond donors (Lipinski definition) is 3. The molecule has 0 radical (unpaired) electrons. The van der Waals surface area contributed by atoms with E-state index < -0.39 is 27.5 Å². The Bertz CT molecular complexity index is 577. The molecule has 0 atom stereocenters. The largest absolute Gasteiger partial charge is 0.506 e. The van der Waals surface area contributed by atoms with Crippen LogP contribution in [0.15, 0.2) is 18.2 Å². The minimum atomic E-state index is -3.63. The van der Waals surface area contributed by atoms with Gasteiger partial charge in [0.1, 0.15) is 5.75 Å².